The second-order valence-electron chi connectivity index (χ2n) is 5.97. The van der Waals surface area contributed by atoms with Gasteiger partial charge >= 0.3 is 0 Å². The summed E-state index contributed by atoms with van der Waals surface area (Å²) in [5.41, 5.74) is 1.60. The summed E-state index contributed by atoms with van der Waals surface area (Å²) in [5.74, 6) is 0.666. The van der Waals surface area contributed by atoms with Gasteiger partial charge < -0.3 is 15.1 Å². The minimum absolute atomic E-state index is 0.224. The normalized spacial score (nSPS) is 11.0. The van der Waals surface area contributed by atoms with E-state index in [1.165, 1.54) is 0 Å². The van der Waals surface area contributed by atoms with E-state index < -0.39 is 0 Å². The number of aryl methyl sites for hydroxylation is 1. The van der Waals surface area contributed by atoms with Gasteiger partial charge in [0.25, 0.3) is 5.91 Å². The first-order valence-corrected chi connectivity index (χ1v) is 8.44. The van der Waals surface area contributed by atoms with E-state index in [-0.39, 0.29) is 5.91 Å². The van der Waals surface area contributed by atoms with E-state index in [9.17, 15) is 4.79 Å². The van der Waals surface area contributed by atoms with E-state index in [0.29, 0.717) is 24.8 Å². The molecule has 0 saturated carbocycles. The highest BCUT2D eigenvalue weighted by molar-refractivity contribution is 6.08. The molecule has 0 aliphatic rings. The molecule has 0 fully saturated rings. The molecule has 0 saturated heterocycles. The zero-order valence-corrected chi connectivity index (χ0v) is 14.3. The first-order chi connectivity index (χ1) is 12.7. The number of hydrogen-bond donors (Lipinski definition) is 2. The van der Waals surface area contributed by atoms with Crippen LogP contribution in [0.15, 0.2) is 59.3 Å². The molecule has 2 heterocycles. The number of carbonyl (C=O) groups excluding carboxylic acids is 1. The molecule has 0 bridgehead atoms. The van der Waals surface area contributed by atoms with Crippen LogP contribution in [-0.4, -0.2) is 29.0 Å². The topological polar surface area (TPSA) is 80.0 Å². The molecule has 2 aromatic heterocycles. The first-order valence-electron chi connectivity index (χ1n) is 8.44. The maximum atomic E-state index is 12.5. The standard InChI is InChI=1S/C20H18N4O2/c1-13-15-8-7-14-5-2-3-6-16(14)18(15)26-17(13)19(25)21-11-12-24-20-22-9-4-10-23-20/h2-10H,11-12H2,1H3,(H,21,25)(H,22,23,24). The SMILES string of the molecule is Cc1c(C(=O)NCCNc2ncccn2)oc2c1ccc1ccccc12. The minimum Gasteiger partial charge on any atom is -0.450 e. The number of nitrogens with one attached hydrogen (secondary N) is 2. The van der Waals surface area contributed by atoms with E-state index in [1.807, 2.05) is 43.3 Å². The van der Waals surface area contributed by atoms with Gasteiger partial charge in [-0.05, 0) is 18.4 Å². The van der Waals surface area contributed by atoms with Crippen LogP contribution in [0.3, 0.4) is 0 Å². The maximum Gasteiger partial charge on any atom is 0.287 e. The number of fused-ring (bicyclic) bond motifs is 3. The van der Waals surface area contributed by atoms with Gasteiger partial charge in [-0.1, -0.05) is 36.4 Å². The largest absolute Gasteiger partial charge is 0.450 e. The predicted octanol–water partition coefficient (Wildman–Crippen LogP) is 3.53. The number of furan rings is 1. The number of rotatable bonds is 5. The Balaban J connectivity index is 1.50. The van der Waals surface area contributed by atoms with E-state index in [0.717, 1.165) is 27.3 Å². The van der Waals surface area contributed by atoms with E-state index >= 15 is 0 Å². The molecule has 4 rings (SSSR count). The third-order valence-electron chi connectivity index (χ3n) is 4.29. The van der Waals surface area contributed by atoms with Crippen molar-refractivity contribution in [3.8, 4) is 0 Å². The van der Waals surface area contributed by atoms with Crippen molar-refractivity contribution in [2.45, 2.75) is 6.92 Å². The average Bonchev–Trinajstić information content (AvgIpc) is 3.03. The fraction of sp³-hybridized carbons (Fsp3) is 0.150. The van der Waals surface area contributed by atoms with Crippen molar-refractivity contribution in [2.24, 2.45) is 0 Å². The lowest BCUT2D eigenvalue weighted by molar-refractivity contribution is 0.0929. The number of hydrogen-bond acceptors (Lipinski definition) is 5. The molecule has 0 atom stereocenters. The fourth-order valence-corrected chi connectivity index (χ4v) is 2.99. The van der Waals surface area contributed by atoms with Crippen LogP contribution in [0.4, 0.5) is 5.95 Å². The molecule has 0 radical (unpaired) electrons. The van der Waals surface area contributed by atoms with Crippen molar-refractivity contribution >= 4 is 33.6 Å². The zero-order valence-electron chi connectivity index (χ0n) is 14.3. The second kappa shape index (κ2) is 6.84. The summed E-state index contributed by atoms with van der Waals surface area (Å²) in [6, 6.07) is 13.8. The molecule has 26 heavy (non-hydrogen) atoms. The molecule has 130 valence electrons. The van der Waals surface area contributed by atoms with Crippen LogP contribution in [0.25, 0.3) is 21.7 Å². The molecule has 2 aromatic carbocycles. The lowest BCUT2D eigenvalue weighted by atomic mass is 10.1. The van der Waals surface area contributed by atoms with Crippen molar-refractivity contribution in [1.29, 1.82) is 0 Å². The molecular formula is C20H18N4O2. The predicted molar refractivity (Wildman–Crippen MR) is 101 cm³/mol. The van der Waals surface area contributed by atoms with Gasteiger partial charge in [-0.15, -0.1) is 0 Å². The Morgan fingerprint density at radius 3 is 2.65 bits per heavy atom. The van der Waals surface area contributed by atoms with Crippen LogP contribution < -0.4 is 10.6 Å². The number of amides is 1. The number of anilines is 1. The van der Waals surface area contributed by atoms with Gasteiger partial charge in [-0.2, -0.15) is 0 Å². The molecule has 0 aliphatic carbocycles. The Morgan fingerprint density at radius 2 is 1.81 bits per heavy atom. The molecule has 0 aliphatic heterocycles. The Hall–Kier alpha value is -3.41. The molecule has 0 unspecified atom stereocenters. The van der Waals surface area contributed by atoms with Crippen molar-refractivity contribution < 1.29 is 9.21 Å². The van der Waals surface area contributed by atoms with Gasteiger partial charge in [-0.25, -0.2) is 9.97 Å². The van der Waals surface area contributed by atoms with E-state index in [4.69, 9.17) is 4.42 Å². The summed E-state index contributed by atoms with van der Waals surface area (Å²) >= 11 is 0. The van der Waals surface area contributed by atoms with Crippen LogP contribution in [0.1, 0.15) is 16.1 Å². The van der Waals surface area contributed by atoms with Crippen LogP contribution >= 0.6 is 0 Å². The van der Waals surface area contributed by atoms with Gasteiger partial charge in [0.2, 0.25) is 5.95 Å². The van der Waals surface area contributed by atoms with Gasteiger partial charge in [-0.3, -0.25) is 4.79 Å². The highest BCUT2D eigenvalue weighted by Gasteiger charge is 2.18. The number of carbonyl (C=O) groups is 1. The van der Waals surface area contributed by atoms with Gasteiger partial charge in [0.1, 0.15) is 5.58 Å². The third-order valence-corrected chi connectivity index (χ3v) is 4.29. The fourth-order valence-electron chi connectivity index (χ4n) is 2.99. The van der Waals surface area contributed by atoms with Crippen molar-refractivity contribution in [1.82, 2.24) is 15.3 Å². The summed E-state index contributed by atoms with van der Waals surface area (Å²) < 4.78 is 5.93. The summed E-state index contributed by atoms with van der Waals surface area (Å²) in [4.78, 5) is 20.7. The highest BCUT2D eigenvalue weighted by Crippen LogP contribution is 2.31. The maximum absolute atomic E-state index is 12.5. The summed E-state index contributed by atoms with van der Waals surface area (Å²) in [6.45, 7) is 2.87. The van der Waals surface area contributed by atoms with Crippen molar-refractivity contribution in [3.63, 3.8) is 0 Å². The highest BCUT2D eigenvalue weighted by atomic mass is 16.3. The minimum atomic E-state index is -0.224. The molecule has 4 aromatic rings. The molecule has 0 spiro atoms. The summed E-state index contributed by atoms with van der Waals surface area (Å²) in [5, 5.41) is 8.98. The van der Waals surface area contributed by atoms with Gasteiger partial charge in [0.05, 0.1) is 0 Å². The lowest BCUT2D eigenvalue weighted by Gasteiger charge is -2.05. The number of nitrogens with zero attached hydrogens (tertiary/aromatic N) is 2. The molecule has 6 heteroatoms. The first kappa shape index (κ1) is 16.1. The number of benzene rings is 2. The summed E-state index contributed by atoms with van der Waals surface area (Å²) in [6.07, 6.45) is 3.33. The molecular weight excluding hydrogens is 328 g/mol. The average molecular weight is 346 g/mol. The van der Waals surface area contributed by atoms with Crippen LogP contribution in [0, 0.1) is 6.92 Å². The summed E-state index contributed by atoms with van der Waals surface area (Å²) in [7, 11) is 0. The van der Waals surface area contributed by atoms with E-state index in [1.54, 1.807) is 18.5 Å². The van der Waals surface area contributed by atoms with E-state index in [2.05, 4.69) is 20.6 Å². The Morgan fingerprint density at radius 1 is 1.00 bits per heavy atom. The third kappa shape index (κ3) is 2.97. The number of aromatic nitrogens is 2. The lowest BCUT2D eigenvalue weighted by Crippen LogP contribution is -2.29. The molecule has 1 amide bonds. The zero-order chi connectivity index (χ0) is 17.9. The van der Waals surface area contributed by atoms with Crippen LogP contribution in [0.5, 0.6) is 0 Å². The Bertz CT molecular complexity index is 1070. The Labute approximate surface area is 150 Å². The smallest absolute Gasteiger partial charge is 0.287 e. The second-order valence-corrected chi connectivity index (χ2v) is 5.97. The van der Waals surface area contributed by atoms with Crippen LogP contribution in [-0.2, 0) is 0 Å². The molecule has 6 nitrogen and oxygen atoms in total. The van der Waals surface area contributed by atoms with Crippen LogP contribution in [0.2, 0.25) is 0 Å². The molecule has 2 N–H and O–H groups in total. The van der Waals surface area contributed by atoms with Gasteiger partial charge in [0.15, 0.2) is 5.76 Å². The monoisotopic (exact) mass is 346 g/mol. The Kier molecular flexibility index (Phi) is 4.23. The quantitative estimate of drug-likeness (QED) is 0.541. The van der Waals surface area contributed by atoms with Crippen molar-refractivity contribution in [3.05, 3.63) is 66.2 Å². The van der Waals surface area contributed by atoms with Gasteiger partial charge in [0, 0.05) is 41.8 Å². The van der Waals surface area contributed by atoms with Crippen molar-refractivity contribution in [2.75, 3.05) is 18.4 Å².